The van der Waals surface area contributed by atoms with Crippen LogP contribution in [0.3, 0.4) is 0 Å². The van der Waals surface area contributed by atoms with Crippen LogP contribution < -0.4 is 30.1 Å². The van der Waals surface area contributed by atoms with Gasteiger partial charge < -0.3 is 29.7 Å². The number of nitrogens with zero attached hydrogens (tertiary/aromatic N) is 8. The molecule has 6 heterocycles. The number of likely N-dealkylation sites (tertiary alicyclic amines) is 1. The zero-order valence-corrected chi connectivity index (χ0v) is 36.0. The van der Waals surface area contributed by atoms with Crippen LogP contribution >= 0.6 is 0 Å². The number of amides is 6. The van der Waals surface area contributed by atoms with Crippen molar-refractivity contribution in [1.82, 2.24) is 30.0 Å². The van der Waals surface area contributed by atoms with Gasteiger partial charge in [0.2, 0.25) is 17.8 Å². The Morgan fingerprint density at radius 3 is 2.36 bits per heavy atom. The van der Waals surface area contributed by atoms with E-state index in [-0.39, 0.29) is 53.4 Å². The molecular weight excluding hydrogens is 831 g/mol. The standard InChI is InChI=1S/C45H52F2N10O7/c1-52-35-25-48-44(51-38(35)56(29-5-3-4-6-29)26-45(46,47)43(52)63)49-33-10-7-28(23-36(33)64-2)40(60)55-17-14-27(15-18-55)13-16-53-19-21-54(22-20-53)30-8-9-31-32(24-30)42(62)57(41(31)61)34-11-12-37(58)50-39(34)59/h7-10,23-25,27,29,34H,3-6,11-22,26H2,1-2H3,(H,48,49,51)(H,50,58,59). The van der Waals surface area contributed by atoms with Crippen molar-refractivity contribution in [2.45, 2.75) is 75.8 Å². The van der Waals surface area contributed by atoms with E-state index in [0.717, 1.165) is 93.2 Å². The summed E-state index contributed by atoms with van der Waals surface area (Å²) in [6.45, 7) is 4.63. The van der Waals surface area contributed by atoms with Gasteiger partial charge in [0, 0.05) is 70.0 Å². The maximum Gasteiger partial charge on any atom is 0.342 e. The molecule has 0 bridgehead atoms. The monoisotopic (exact) mass is 882 g/mol. The quantitative estimate of drug-likeness (QED) is 0.279. The fourth-order valence-electron chi connectivity index (χ4n) is 10.0. The van der Waals surface area contributed by atoms with Gasteiger partial charge in [-0.05, 0) is 87.4 Å². The van der Waals surface area contributed by atoms with E-state index < -0.39 is 48.0 Å². The first-order chi connectivity index (χ1) is 30.8. The van der Waals surface area contributed by atoms with E-state index in [4.69, 9.17) is 4.74 Å². The van der Waals surface area contributed by atoms with Crippen molar-refractivity contribution in [3.63, 3.8) is 0 Å². The molecule has 3 saturated heterocycles. The molecule has 6 amide bonds. The van der Waals surface area contributed by atoms with Crippen LogP contribution in [0.5, 0.6) is 5.75 Å². The molecule has 5 aliphatic heterocycles. The summed E-state index contributed by atoms with van der Waals surface area (Å²) in [4.78, 5) is 96.0. The lowest BCUT2D eigenvalue weighted by Gasteiger charge is -2.37. The minimum Gasteiger partial charge on any atom is -0.495 e. The van der Waals surface area contributed by atoms with Gasteiger partial charge in [0.25, 0.3) is 23.6 Å². The van der Waals surface area contributed by atoms with Gasteiger partial charge in [-0.3, -0.25) is 43.9 Å². The van der Waals surface area contributed by atoms with E-state index in [9.17, 15) is 28.8 Å². The number of hydrogen-bond acceptors (Lipinski definition) is 13. The van der Waals surface area contributed by atoms with Crippen LogP contribution in [0.4, 0.5) is 37.6 Å². The molecule has 1 saturated carbocycles. The van der Waals surface area contributed by atoms with Gasteiger partial charge in [-0.1, -0.05) is 12.8 Å². The first-order valence-corrected chi connectivity index (χ1v) is 22.2. The molecule has 1 aliphatic carbocycles. The lowest BCUT2D eigenvalue weighted by atomic mass is 9.93. The summed E-state index contributed by atoms with van der Waals surface area (Å²) < 4.78 is 35.8. The van der Waals surface area contributed by atoms with Gasteiger partial charge in [-0.25, -0.2) is 4.98 Å². The number of fused-ring (bicyclic) bond motifs is 2. The van der Waals surface area contributed by atoms with Gasteiger partial charge >= 0.3 is 5.92 Å². The van der Waals surface area contributed by atoms with Gasteiger partial charge in [0.05, 0.1) is 36.7 Å². The van der Waals surface area contributed by atoms with Crippen LogP contribution in [-0.4, -0.2) is 145 Å². The average Bonchev–Trinajstić information content (AvgIpc) is 3.91. The fourth-order valence-corrected chi connectivity index (χ4v) is 10.0. The van der Waals surface area contributed by atoms with E-state index in [1.165, 1.54) is 20.4 Å². The van der Waals surface area contributed by atoms with Crippen LogP contribution in [0.25, 0.3) is 0 Å². The highest BCUT2D eigenvalue weighted by molar-refractivity contribution is 6.23. The van der Waals surface area contributed by atoms with Crippen molar-refractivity contribution in [2.24, 2.45) is 5.92 Å². The molecule has 2 aromatic carbocycles. The van der Waals surface area contributed by atoms with Gasteiger partial charge in [0.15, 0.2) is 5.82 Å². The number of carbonyl (C=O) groups excluding carboxylic acids is 6. The number of alkyl halides is 2. The molecule has 1 atom stereocenters. The van der Waals surface area contributed by atoms with E-state index in [0.29, 0.717) is 36.0 Å². The molecule has 4 fully saturated rings. The summed E-state index contributed by atoms with van der Waals surface area (Å²) in [5.74, 6) is -5.75. The molecule has 64 heavy (non-hydrogen) atoms. The molecule has 3 aromatic rings. The third-order valence-electron chi connectivity index (χ3n) is 13.7. The van der Waals surface area contributed by atoms with Crippen LogP contribution in [0, 0.1) is 5.92 Å². The van der Waals surface area contributed by atoms with Gasteiger partial charge in [-0.15, -0.1) is 0 Å². The highest BCUT2D eigenvalue weighted by Crippen LogP contribution is 2.40. The molecule has 1 aromatic heterocycles. The molecule has 0 radical (unpaired) electrons. The number of halogens is 2. The number of hydrogen-bond donors (Lipinski definition) is 2. The Kier molecular flexibility index (Phi) is 11.7. The number of piperazine rings is 1. The largest absolute Gasteiger partial charge is 0.495 e. The molecule has 9 rings (SSSR count). The second-order valence-electron chi connectivity index (χ2n) is 17.6. The van der Waals surface area contributed by atoms with Crippen molar-refractivity contribution in [2.75, 3.05) is 86.5 Å². The second kappa shape index (κ2) is 17.4. The van der Waals surface area contributed by atoms with Crippen molar-refractivity contribution >= 4 is 64.3 Å². The van der Waals surface area contributed by atoms with Crippen LogP contribution in [0.15, 0.2) is 42.6 Å². The third-order valence-corrected chi connectivity index (χ3v) is 13.7. The third kappa shape index (κ3) is 8.20. The molecule has 1 unspecified atom stereocenters. The maximum atomic E-state index is 15.1. The zero-order valence-electron chi connectivity index (χ0n) is 36.0. The normalized spacial score (nSPS) is 22.2. The Hall–Kier alpha value is -6.24. The maximum absolute atomic E-state index is 15.1. The number of aromatic nitrogens is 2. The second-order valence-corrected chi connectivity index (χ2v) is 17.6. The highest BCUT2D eigenvalue weighted by atomic mass is 19.3. The Morgan fingerprint density at radius 1 is 0.906 bits per heavy atom. The molecule has 6 aliphatic rings. The number of carbonyl (C=O) groups is 6. The molecule has 338 valence electrons. The minimum absolute atomic E-state index is 0.0720. The molecular formula is C45H52F2N10O7. The van der Waals surface area contributed by atoms with Crippen LogP contribution in [-0.2, 0) is 14.4 Å². The van der Waals surface area contributed by atoms with E-state index >= 15 is 8.78 Å². The average molecular weight is 883 g/mol. The summed E-state index contributed by atoms with van der Waals surface area (Å²) in [5.41, 5.74) is 2.57. The number of imide groups is 2. The molecule has 0 spiro atoms. The number of rotatable bonds is 10. The fraction of sp³-hybridized carbons (Fsp3) is 0.511. The summed E-state index contributed by atoms with van der Waals surface area (Å²) in [6, 6.07) is 9.18. The number of benzene rings is 2. The summed E-state index contributed by atoms with van der Waals surface area (Å²) in [6.07, 6.45) is 7.66. The first kappa shape index (κ1) is 43.0. The predicted molar refractivity (Wildman–Crippen MR) is 231 cm³/mol. The van der Waals surface area contributed by atoms with Crippen molar-refractivity contribution in [3.8, 4) is 5.75 Å². The van der Waals surface area contributed by atoms with E-state index in [1.54, 1.807) is 35.2 Å². The Labute approximate surface area is 369 Å². The topological polar surface area (TPSA) is 181 Å². The Morgan fingerprint density at radius 2 is 1.64 bits per heavy atom. The predicted octanol–water partition coefficient (Wildman–Crippen LogP) is 4.06. The number of anilines is 5. The van der Waals surface area contributed by atoms with E-state index in [2.05, 4.69) is 30.4 Å². The zero-order chi connectivity index (χ0) is 44.9. The van der Waals surface area contributed by atoms with Gasteiger partial charge in [0.1, 0.15) is 17.5 Å². The number of ether oxygens (including phenoxy) is 1. The lowest BCUT2D eigenvalue weighted by molar-refractivity contribution is -0.140. The summed E-state index contributed by atoms with van der Waals surface area (Å²) in [7, 11) is 2.81. The molecule has 19 heteroatoms. The van der Waals surface area contributed by atoms with Crippen molar-refractivity contribution < 1.29 is 42.3 Å². The number of nitrogens with one attached hydrogen (secondary N) is 2. The number of methoxy groups -OCH3 is 1. The molecule has 2 N–H and O–H groups in total. The highest BCUT2D eigenvalue weighted by Gasteiger charge is 2.49. The Bertz CT molecular complexity index is 2380. The lowest BCUT2D eigenvalue weighted by Crippen LogP contribution is -2.54. The number of piperidine rings is 2. The van der Waals surface area contributed by atoms with Crippen LogP contribution in [0.1, 0.15) is 88.9 Å². The summed E-state index contributed by atoms with van der Waals surface area (Å²) >= 11 is 0. The SMILES string of the molecule is COc1cc(C(=O)N2CCC(CCN3CCN(c4ccc5c(c4)C(=O)N(C4CCC(=O)NC4=O)C5=O)CC3)CC2)ccc1Nc1ncc2c(n1)N(C1CCCC1)CC(F)(F)C(=O)N2C. The minimum atomic E-state index is -3.58. The first-order valence-electron chi connectivity index (χ1n) is 22.2. The smallest absolute Gasteiger partial charge is 0.342 e. The Balaban J connectivity index is 0.759. The van der Waals surface area contributed by atoms with E-state index in [1.807, 2.05) is 11.0 Å². The molecule has 17 nitrogen and oxygen atoms in total. The van der Waals surface area contributed by atoms with Crippen molar-refractivity contribution in [1.29, 1.82) is 0 Å². The van der Waals surface area contributed by atoms with Crippen LogP contribution in [0.2, 0.25) is 0 Å². The van der Waals surface area contributed by atoms with Gasteiger partial charge in [-0.2, -0.15) is 13.8 Å². The summed E-state index contributed by atoms with van der Waals surface area (Å²) in [5, 5.41) is 5.37. The van der Waals surface area contributed by atoms with Crippen molar-refractivity contribution in [3.05, 3.63) is 59.3 Å².